The second-order valence-corrected chi connectivity index (χ2v) is 5.78. The number of nitrogen functional groups attached to an aromatic ring is 1. The normalized spacial score (nSPS) is 10.9. The first kappa shape index (κ1) is 17.8. The van der Waals surface area contributed by atoms with Crippen LogP contribution in [0.4, 0.5) is 18.9 Å². The number of aromatic nitrogens is 3. The predicted molar refractivity (Wildman–Crippen MR) is 93.3 cm³/mol. The number of imidazole rings is 1. The van der Waals surface area contributed by atoms with Gasteiger partial charge in [-0.1, -0.05) is 13.0 Å². The van der Waals surface area contributed by atoms with E-state index in [-0.39, 0.29) is 17.7 Å². The molecule has 0 fully saturated rings. The quantitative estimate of drug-likeness (QED) is 0.539. The lowest BCUT2D eigenvalue weighted by Crippen LogP contribution is -2.34. The number of rotatable bonds is 6. The number of nitrogens with zero attached hydrogens (tertiary/aromatic N) is 4. The second kappa shape index (κ2) is 7.47. The molecule has 2 N–H and O–H groups in total. The Bertz CT molecular complexity index is 853. The summed E-state index contributed by atoms with van der Waals surface area (Å²) in [4.78, 5) is 7.77. The van der Waals surface area contributed by atoms with E-state index in [0.29, 0.717) is 6.54 Å². The molecule has 0 spiro atoms. The van der Waals surface area contributed by atoms with Crippen LogP contribution in [0.3, 0.4) is 0 Å². The molecule has 8 heteroatoms. The van der Waals surface area contributed by atoms with Crippen LogP contribution in [0.25, 0.3) is 11.1 Å². The number of hydrogen-bond acceptors (Lipinski definition) is 4. The van der Waals surface area contributed by atoms with Gasteiger partial charge in [0.05, 0.1) is 12.2 Å². The van der Waals surface area contributed by atoms with Crippen LogP contribution in [0, 0.1) is 17.5 Å². The van der Waals surface area contributed by atoms with E-state index in [1.54, 1.807) is 28.1 Å². The molecular weight excluding hydrogens is 343 g/mol. The lowest BCUT2D eigenvalue weighted by Gasteiger charge is -2.26. The third-order valence-corrected chi connectivity index (χ3v) is 4.04. The summed E-state index contributed by atoms with van der Waals surface area (Å²) in [5.41, 5.74) is 4.85. The van der Waals surface area contributed by atoms with Crippen LogP contribution < -0.4 is 10.7 Å². The Morgan fingerprint density at radius 3 is 2.54 bits per heavy atom. The summed E-state index contributed by atoms with van der Waals surface area (Å²) in [6.45, 7) is 2.24. The number of anilines is 1. The maximum atomic E-state index is 14.8. The van der Waals surface area contributed by atoms with Gasteiger partial charge in [0.15, 0.2) is 17.5 Å². The molecule has 0 aliphatic heterocycles. The lowest BCUT2D eigenvalue weighted by molar-refractivity contribution is 0.468. The van der Waals surface area contributed by atoms with E-state index in [1.807, 2.05) is 6.92 Å². The van der Waals surface area contributed by atoms with Gasteiger partial charge in [0, 0.05) is 48.0 Å². The van der Waals surface area contributed by atoms with E-state index in [9.17, 15) is 13.2 Å². The fourth-order valence-electron chi connectivity index (χ4n) is 2.80. The zero-order valence-electron chi connectivity index (χ0n) is 14.2. The molecule has 1 aromatic carbocycles. The molecule has 0 saturated heterocycles. The highest BCUT2D eigenvalue weighted by Gasteiger charge is 2.25. The molecule has 0 amide bonds. The van der Waals surface area contributed by atoms with Gasteiger partial charge in [-0.2, -0.15) is 0 Å². The van der Waals surface area contributed by atoms with Gasteiger partial charge in [0.25, 0.3) is 0 Å². The average Bonchev–Trinajstić information content (AvgIpc) is 3.18. The van der Waals surface area contributed by atoms with E-state index >= 15 is 0 Å². The number of benzene rings is 1. The summed E-state index contributed by atoms with van der Waals surface area (Å²) in [7, 11) is 0. The Morgan fingerprint density at radius 1 is 1.12 bits per heavy atom. The molecule has 0 unspecified atom stereocenters. The average molecular weight is 361 g/mol. The molecule has 26 heavy (non-hydrogen) atoms. The Hall–Kier alpha value is -3.03. The van der Waals surface area contributed by atoms with E-state index in [1.165, 1.54) is 24.8 Å². The molecule has 3 aromatic rings. The molecule has 5 nitrogen and oxygen atoms in total. The number of pyridine rings is 1. The van der Waals surface area contributed by atoms with Crippen molar-refractivity contribution >= 4 is 5.69 Å². The minimum Gasteiger partial charge on any atom is -0.396 e. The Labute approximate surface area is 148 Å². The summed E-state index contributed by atoms with van der Waals surface area (Å²) in [6.07, 6.45) is 8.22. The SMILES string of the molecule is CCCN(Cc1c(F)c(N)c(-c2cccnc2)c(F)c1F)n1ccnc1. The molecule has 2 heterocycles. The monoisotopic (exact) mass is 361 g/mol. The van der Waals surface area contributed by atoms with Crippen LogP contribution in [-0.4, -0.2) is 21.2 Å². The molecule has 0 aliphatic carbocycles. The summed E-state index contributed by atoms with van der Waals surface area (Å²) in [6, 6.07) is 3.04. The van der Waals surface area contributed by atoms with E-state index in [0.717, 1.165) is 6.42 Å². The van der Waals surface area contributed by atoms with Crippen molar-refractivity contribution in [3.63, 3.8) is 0 Å². The Balaban J connectivity index is 2.06. The minimum atomic E-state index is -1.25. The molecule has 0 atom stereocenters. The summed E-state index contributed by atoms with van der Waals surface area (Å²) in [5.74, 6) is -3.41. The topological polar surface area (TPSA) is 60.0 Å². The molecule has 0 bridgehead atoms. The maximum absolute atomic E-state index is 14.8. The largest absolute Gasteiger partial charge is 0.396 e. The van der Waals surface area contributed by atoms with Crippen LogP contribution in [0.1, 0.15) is 18.9 Å². The highest BCUT2D eigenvalue weighted by molar-refractivity contribution is 5.77. The van der Waals surface area contributed by atoms with Crippen molar-refractivity contribution in [1.29, 1.82) is 0 Å². The van der Waals surface area contributed by atoms with Crippen molar-refractivity contribution in [3.05, 3.63) is 66.3 Å². The fraction of sp³-hybridized carbons (Fsp3) is 0.222. The van der Waals surface area contributed by atoms with Crippen LogP contribution in [0.5, 0.6) is 0 Å². The van der Waals surface area contributed by atoms with Gasteiger partial charge in [-0.3, -0.25) is 9.66 Å². The predicted octanol–water partition coefficient (Wildman–Crippen LogP) is 3.49. The van der Waals surface area contributed by atoms with Crippen LogP contribution in [-0.2, 0) is 6.54 Å². The zero-order valence-corrected chi connectivity index (χ0v) is 14.2. The molecule has 2 aromatic heterocycles. The maximum Gasteiger partial charge on any atom is 0.169 e. The number of nitrogens with two attached hydrogens (primary N) is 1. The van der Waals surface area contributed by atoms with Gasteiger partial charge >= 0.3 is 0 Å². The highest BCUT2D eigenvalue weighted by atomic mass is 19.2. The van der Waals surface area contributed by atoms with Crippen molar-refractivity contribution in [2.45, 2.75) is 19.9 Å². The van der Waals surface area contributed by atoms with Gasteiger partial charge in [-0.15, -0.1) is 0 Å². The van der Waals surface area contributed by atoms with E-state index in [2.05, 4.69) is 9.97 Å². The van der Waals surface area contributed by atoms with Crippen molar-refractivity contribution in [1.82, 2.24) is 14.6 Å². The summed E-state index contributed by atoms with van der Waals surface area (Å²) >= 11 is 0. The summed E-state index contributed by atoms with van der Waals surface area (Å²) in [5, 5.41) is 1.65. The smallest absolute Gasteiger partial charge is 0.169 e. The van der Waals surface area contributed by atoms with Crippen LogP contribution in [0.15, 0.2) is 43.2 Å². The fourth-order valence-corrected chi connectivity index (χ4v) is 2.80. The highest BCUT2D eigenvalue weighted by Crippen LogP contribution is 2.35. The first-order chi connectivity index (χ1) is 12.5. The molecule has 0 saturated carbocycles. The number of hydrogen-bond donors (Lipinski definition) is 1. The molecular formula is C18H18F3N5. The van der Waals surface area contributed by atoms with Gasteiger partial charge in [-0.25, -0.2) is 18.2 Å². The van der Waals surface area contributed by atoms with Crippen molar-refractivity contribution in [3.8, 4) is 11.1 Å². The molecule has 136 valence electrons. The minimum absolute atomic E-state index is 0.184. The van der Waals surface area contributed by atoms with Gasteiger partial charge in [0.1, 0.15) is 6.33 Å². The standard InChI is InChI=1S/C18H18F3N5/c1-2-7-25(26-8-6-24-11-26)10-13-15(19)17(21)14(18(22)16(13)20)12-4-3-5-23-9-12/h3-6,8-9,11H,2,7,10,22H2,1H3. The number of halogens is 3. The molecule has 0 radical (unpaired) electrons. The van der Waals surface area contributed by atoms with Gasteiger partial charge < -0.3 is 10.7 Å². The zero-order chi connectivity index (χ0) is 18.7. The van der Waals surface area contributed by atoms with E-state index in [4.69, 9.17) is 5.73 Å². The van der Waals surface area contributed by atoms with Crippen LogP contribution in [0.2, 0.25) is 0 Å². The first-order valence-electron chi connectivity index (χ1n) is 8.13. The molecule has 3 rings (SSSR count). The van der Waals surface area contributed by atoms with Crippen LogP contribution >= 0.6 is 0 Å². The second-order valence-electron chi connectivity index (χ2n) is 5.78. The third kappa shape index (κ3) is 3.22. The van der Waals surface area contributed by atoms with Crippen molar-refractivity contribution in [2.24, 2.45) is 0 Å². The van der Waals surface area contributed by atoms with Crippen molar-refractivity contribution < 1.29 is 13.2 Å². The van der Waals surface area contributed by atoms with E-state index < -0.39 is 28.7 Å². The van der Waals surface area contributed by atoms with Gasteiger partial charge in [0.2, 0.25) is 0 Å². The summed E-state index contributed by atoms with van der Waals surface area (Å²) < 4.78 is 45.8. The Morgan fingerprint density at radius 2 is 1.92 bits per heavy atom. The van der Waals surface area contributed by atoms with Crippen molar-refractivity contribution in [2.75, 3.05) is 17.3 Å². The van der Waals surface area contributed by atoms with Gasteiger partial charge in [-0.05, 0) is 12.5 Å². The lowest BCUT2D eigenvalue weighted by atomic mass is 10.0. The Kier molecular flexibility index (Phi) is 5.11. The first-order valence-corrected chi connectivity index (χ1v) is 8.13. The molecule has 0 aliphatic rings. The third-order valence-electron chi connectivity index (χ3n) is 4.04.